The molecular formula is C16H14FN3. The Balaban J connectivity index is 1.67. The number of nitrogens with zero attached hydrogens (tertiary/aromatic N) is 3. The number of halogens is 1. The third-order valence-electron chi connectivity index (χ3n) is 3.13. The van der Waals surface area contributed by atoms with Crippen LogP contribution in [-0.4, -0.2) is 14.5 Å². The summed E-state index contributed by atoms with van der Waals surface area (Å²) in [6.45, 7) is 0.811. The Bertz CT molecular complexity index is 674. The molecule has 3 rings (SSSR count). The van der Waals surface area contributed by atoms with Gasteiger partial charge >= 0.3 is 0 Å². The summed E-state index contributed by atoms with van der Waals surface area (Å²) in [5.74, 6) is -0.200. The lowest BCUT2D eigenvalue weighted by molar-refractivity contribution is 0.625. The van der Waals surface area contributed by atoms with Crippen LogP contribution in [0.5, 0.6) is 0 Å². The topological polar surface area (TPSA) is 30.7 Å². The maximum Gasteiger partial charge on any atom is 0.123 e. The summed E-state index contributed by atoms with van der Waals surface area (Å²) in [5.41, 5.74) is 2.84. The molecule has 0 spiro atoms. The molecule has 0 N–H and O–H groups in total. The van der Waals surface area contributed by atoms with Gasteiger partial charge in [0.1, 0.15) is 11.5 Å². The minimum atomic E-state index is -0.200. The van der Waals surface area contributed by atoms with Crippen LogP contribution >= 0.6 is 0 Å². The van der Waals surface area contributed by atoms with E-state index in [9.17, 15) is 4.39 Å². The highest BCUT2D eigenvalue weighted by atomic mass is 19.1. The molecule has 0 atom stereocenters. The van der Waals surface area contributed by atoms with Gasteiger partial charge < -0.3 is 4.57 Å². The first-order valence-corrected chi connectivity index (χ1v) is 6.49. The number of imidazole rings is 1. The zero-order chi connectivity index (χ0) is 13.8. The summed E-state index contributed by atoms with van der Waals surface area (Å²) >= 11 is 0. The van der Waals surface area contributed by atoms with Crippen LogP contribution in [-0.2, 0) is 13.0 Å². The molecule has 0 aliphatic rings. The fourth-order valence-electron chi connectivity index (χ4n) is 2.04. The molecule has 20 heavy (non-hydrogen) atoms. The van der Waals surface area contributed by atoms with Crippen molar-refractivity contribution < 1.29 is 4.39 Å². The lowest BCUT2D eigenvalue weighted by Gasteiger charge is -2.02. The van der Waals surface area contributed by atoms with E-state index in [1.165, 1.54) is 12.1 Å². The van der Waals surface area contributed by atoms with Gasteiger partial charge in [-0.15, -0.1) is 0 Å². The van der Waals surface area contributed by atoms with Crippen LogP contribution in [0.4, 0.5) is 4.39 Å². The van der Waals surface area contributed by atoms with Gasteiger partial charge in [0.2, 0.25) is 0 Å². The molecule has 3 aromatic rings. The molecule has 1 aromatic carbocycles. The van der Waals surface area contributed by atoms with Crippen molar-refractivity contribution in [2.75, 3.05) is 0 Å². The van der Waals surface area contributed by atoms with E-state index in [4.69, 9.17) is 0 Å². The molecule has 3 nitrogen and oxygen atoms in total. The van der Waals surface area contributed by atoms with Gasteiger partial charge in [-0.05, 0) is 36.2 Å². The molecule has 0 fully saturated rings. The molecule has 0 bridgehead atoms. The van der Waals surface area contributed by atoms with Gasteiger partial charge in [0, 0.05) is 18.9 Å². The zero-order valence-corrected chi connectivity index (χ0v) is 10.9. The Hall–Kier alpha value is -2.49. The van der Waals surface area contributed by atoms with E-state index in [0.717, 1.165) is 29.9 Å². The number of rotatable bonds is 4. The molecule has 100 valence electrons. The molecule has 0 amide bonds. The van der Waals surface area contributed by atoms with Gasteiger partial charge in [-0.1, -0.05) is 18.2 Å². The molecule has 0 saturated heterocycles. The zero-order valence-electron chi connectivity index (χ0n) is 10.9. The summed E-state index contributed by atoms with van der Waals surface area (Å²) in [5, 5.41) is 0. The van der Waals surface area contributed by atoms with Crippen molar-refractivity contribution in [2.24, 2.45) is 0 Å². The fourth-order valence-corrected chi connectivity index (χ4v) is 2.04. The predicted molar refractivity (Wildman–Crippen MR) is 75.6 cm³/mol. The van der Waals surface area contributed by atoms with Crippen molar-refractivity contribution in [1.82, 2.24) is 14.5 Å². The van der Waals surface area contributed by atoms with Gasteiger partial charge in [-0.25, -0.2) is 9.37 Å². The van der Waals surface area contributed by atoms with E-state index < -0.39 is 0 Å². The minimum absolute atomic E-state index is 0.200. The third kappa shape index (κ3) is 2.91. The molecule has 4 heteroatoms. The van der Waals surface area contributed by atoms with Crippen LogP contribution < -0.4 is 0 Å². The quantitative estimate of drug-likeness (QED) is 0.726. The monoisotopic (exact) mass is 267 g/mol. The molecule has 0 radical (unpaired) electrons. The second kappa shape index (κ2) is 5.65. The van der Waals surface area contributed by atoms with Crippen molar-refractivity contribution in [3.8, 4) is 11.4 Å². The number of benzene rings is 1. The SMILES string of the molecule is Fc1ccc(CCn2cnc(-c3ccccn3)c2)cc1. The second-order valence-electron chi connectivity index (χ2n) is 4.59. The standard InChI is InChI=1S/C16H14FN3/c17-14-6-4-13(5-7-14)8-10-20-11-16(19-12-20)15-3-1-2-9-18-15/h1-7,9,11-12H,8,10H2. The lowest BCUT2D eigenvalue weighted by Crippen LogP contribution is -1.98. The van der Waals surface area contributed by atoms with E-state index in [-0.39, 0.29) is 5.82 Å². The smallest absolute Gasteiger partial charge is 0.123 e. The molecule has 2 heterocycles. The highest BCUT2D eigenvalue weighted by Crippen LogP contribution is 2.13. The Labute approximate surface area is 116 Å². The van der Waals surface area contributed by atoms with E-state index >= 15 is 0 Å². The largest absolute Gasteiger partial charge is 0.336 e. The van der Waals surface area contributed by atoms with Crippen molar-refractivity contribution in [2.45, 2.75) is 13.0 Å². The third-order valence-corrected chi connectivity index (χ3v) is 3.13. The van der Waals surface area contributed by atoms with Crippen molar-refractivity contribution in [3.05, 3.63) is 72.6 Å². The van der Waals surface area contributed by atoms with Crippen LogP contribution in [0.2, 0.25) is 0 Å². The maximum absolute atomic E-state index is 12.8. The normalized spacial score (nSPS) is 10.7. The molecule has 0 aliphatic heterocycles. The number of aryl methyl sites for hydroxylation is 2. The Morgan fingerprint density at radius 3 is 2.55 bits per heavy atom. The minimum Gasteiger partial charge on any atom is -0.336 e. The van der Waals surface area contributed by atoms with E-state index in [0.29, 0.717) is 0 Å². The molecule has 0 aliphatic carbocycles. The first-order valence-electron chi connectivity index (χ1n) is 6.49. The van der Waals surface area contributed by atoms with Crippen LogP contribution in [0.3, 0.4) is 0 Å². The van der Waals surface area contributed by atoms with Crippen LogP contribution in [0.15, 0.2) is 61.2 Å². The van der Waals surface area contributed by atoms with Gasteiger partial charge in [-0.3, -0.25) is 4.98 Å². The number of aromatic nitrogens is 3. The Kier molecular flexibility index (Phi) is 3.54. The van der Waals surface area contributed by atoms with Gasteiger partial charge in [0.05, 0.1) is 12.0 Å². The summed E-state index contributed by atoms with van der Waals surface area (Å²) in [4.78, 5) is 8.63. The average Bonchev–Trinajstić information content (AvgIpc) is 2.97. The molecule has 0 saturated carbocycles. The summed E-state index contributed by atoms with van der Waals surface area (Å²) < 4.78 is 14.8. The van der Waals surface area contributed by atoms with E-state index in [2.05, 4.69) is 9.97 Å². The predicted octanol–water partition coefficient (Wildman–Crippen LogP) is 3.33. The van der Waals surface area contributed by atoms with Crippen molar-refractivity contribution in [1.29, 1.82) is 0 Å². The van der Waals surface area contributed by atoms with Crippen molar-refractivity contribution >= 4 is 0 Å². The van der Waals surface area contributed by atoms with Crippen molar-refractivity contribution in [3.63, 3.8) is 0 Å². The molecule has 0 unspecified atom stereocenters. The van der Waals surface area contributed by atoms with Crippen LogP contribution in [0.1, 0.15) is 5.56 Å². The first kappa shape index (κ1) is 12.5. The average molecular weight is 267 g/mol. The number of hydrogen-bond donors (Lipinski definition) is 0. The number of hydrogen-bond acceptors (Lipinski definition) is 2. The van der Waals surface area contributed by atoms with E-state index in [1.807, 2.05) is 41.1 Å². The van der Waals surface area contributed by atoms with Crippen LogP contribution in [0.25, 0.3) is 11.4 Å². The van der Waals surface area contributed by atoms with Gasteiger partial charge in [-0.2, -0.15) is 0 Å². The first-order chi connectivity index (χ1) is 9.81. The summed E-state index contributed by atoms with van der Waals surface area (Å²) in [7, 11) is 0. The lowest BCUT2D eigenvalue weighted by atomic mass is 10.1. The van der Waals surface area contributed by atoms with Crippen LogP contribution in [0, 0.1) is 5.82 Å². The Morgan fingerprint density at radius 1 is 0.950 bits per heavy atom. The maximum atomic E-state index is 12.8. The molecular weight excluding hydrogens is 253 g/mol. The summed E-state index contributed by atoms with van der Waals surface area (Å²) in [6.07, 6.45) is 6.38. The fraction of sp³-hybridized carbons (Fsp3) is 0.125. The van der Waals surface area contributed by atoms with Gasteiger partial charge in [0.25, 0.3) is 0 Å². The summed E-state index contributed by atoms with van der Waals surface area (Å²) in [6, 6.07) is 12.4. The van der Waals surface area contributed by atoms with Gasteiger partial charge in [0.15, 0.2) is 0 Å². The highest BCUT2D eigenvalue weighted by molar-refractivity contribution is 5.52. The Morgan fingerprint density at radius 2 is 1.80 bits per heavy atom. The highest BCUT2D eigenvalue weighted by Gasteiger charge is 2.03. The van der Waals surface area contributed by atoms with E-state index in [1.54, 1.807) is 12.5 Å². The number of pyridine rings is 1. The second-order valence-corrected chi connectivity index (χ2v) is 4.59. The molecule has 2 aromatic heterocycles.